The van der Waals surface area contributed by atoms with Crippen molar-refractivity contribution in [1.29, 1.82) is 0 Å². The van der Waals surface area contributed by atoms with Gasteiger partial charge in [0.05, 0.1) is 12.3 Å². The van der Waals surface area contributed by atoms with Crippen molar-refractivity contribution in [2.75, 3.05) is 18.5 Å². The molecule has 0 aliphatic heterocycles. The summed E-state index contributed by atoms with van der Waals surface area (Å²) in [6.07, 6.45) is 1.09. The van der Waals surface area contributed by atoms with Crippen LogP contribution in [0.5, 0.6) is 5.75 Å². The molecule has 1 aromatic carbocycles. The highest BCUT2D eigenvalue weighted by atomic mass is 16.5. The van der Waals surface area contributed by atoms with Gasteiger partial charge in [0.2, 0.25) is 5.91 Å². The van der Waals surface area contributed by atoms with Crippen molar-refractivity contribution >= 4 is 11.6 Å². The van der Waals surface area contributed by atoms with Crippen molar-refractivity contribution in [2.45, 2.75) is 26.7 Å². The molecule has 0 fully saturated rings. The third kappa shape index (κ3) is 4.56. The van der Waals surface area contributed by atoms with Crippen molar-refractivity contribution in [2.24, 2.45) is 7.05 Å². The van der Waals surface area contributed by atoms with Gasteiger partial charge >= 0.3 is 0 Å². The average Bonchev–Trinajstić information content (AvgIpc) is 2.77. The van der Waals surface area contributed by atoms with Gasteiger partial charge in [-0.05, 0) is 50.1 Å². The Bertz CT molecular complexity index is 662. The highest BCUT2D eigenvalue weighted by Gasteiger charge is 2.11. The summed E-state index contributed by atoms with van der Waals surface area (Å²) in [5.74, 6) is 0.635. The van der Waals surface area contributed by atoms with E-state index in [1.807, 2.05) is 25.6 Å². The predicted octanol–water partition coefficient (Wildman–Crippen LogP) is 1.98. The standard InChI is InChI=1S/C17H23N3O3/c1-12-16(13(2)20(3)19-12)8-9-17(22)18-14-4-6-15(7-5-14)23-11-10-21/h4-7,21H,8-11H2,1-3H3,(H,18,22). The second kappa shape index (κ2) is 7.78. The summed E-state index contributed by atoms with van der Waals surface area (Å²) in [7, 11) is 1.91. The van der Waals surface area contributed by atoms with E-state index in [1.165, 1.54) is 0 Å². The maximum absolute atomic E-state index is 12.1. The number of nitrogens with one attached hydrogen (secondary N) is 1. The largest absolute Gasteiger partial charge is 0.491 e. The molecule has 2 rings (SSSR count). The second-order valence-electron chi connectivity index (χ2n) is 5.42. The van der Waals surface area contributed by atoms with Crippen molar-refractivity contribution in [3.05, 3.63) is 41.2 Å². The van der Waals surface area contributed by atoms with E-state index in [-0.39, 0.29) is 19.1 Å². The van der Waals surface area contributed by atoms with Crippen LogP contribution in [0.15, 0.2) is 24.3 Å². The van der Waals surface area contributed by atoms with Crippen LogP contribution in [-0.2, 0) is 18.3 Å². The Morgan fingerprint density at radius 1 is 1.30 bits per heavy atom. The number of anilines is 1. The molecule has 6 nitrogen and oxygen atoms in total. The summed E-state index contributed by atoms with van der Waals surface area (Å²) in [5.41, 5.74) is 3.94. The Kier molecular flexibility index (Phi) is 5.76. The Hall–Kier alpha value is -2.34. The van der Waals surface area contributed by atoms with Crippen LogP contribution in [0.4, 0.5) is 5.69 Å². The van der Waals surface area contributed by atoms with E-state index < -0.39 is 0 Å². The lowest BCUT2D eigenvalue weighted by Crippen LogP contribution is -2.12. The molecule has 23 heavy (non-hydrogen) atoms. The molecule has 0 aliphatic carbocycles. The van der Waals surface area contributed by atoms with Gasteiger partial charge in [-0.3, -0.25) is 9.48 Å². The average molecular weight is 317 g/mol. The summed E-state index contributed by atoms with van der Waals surface area (Å²) in [5, 5.41) is 15.9. The number of aryl methyl sites for hydroxylation is 2. The fraction of sp³-hybridized carbons (Fsp3) is 0.412. The molecule has 1 heterocycles. The van der Waals surface area contributed by atoms with Gasteiger partial charge in [-0.15, -0.1) is 0 Å². The van der Waals surface area contributed by atoms with Crippen molar-refractivity contribution in [3.63, 3.8) is 0 Å². The molecule has 0 saturated heterocycles. The third-order valence-electron chi connectivity index (χ3n) is 3.76. The van der Waals surface area contributed by atoms with Crippen LogP contribution >= 0.6 is 0 Å². The van der Waals surface area contributed by atoms with Crippen LogP contribution in [0.3, 0.4) is 0 Å². The summed E-state index contributed by atoms with van der Waals surface area (Å²) in [4.78, 5) is 12.1. The number of carbonyl (C=O) groups excluding carboxylic acids is 1. The van der Waals surface area contributed by atoms with Gasteiger partial charge in [-0.25, -0.2) is 0 Å². The number of ether oxygens (including phenoxy) is 1. The van der Waals surface area contributed by atoms with Gasteiger partial charge in [0, 0.05) is 24.8 Å². The summed E-state index contributed by atoms with van der Waals surface area (Å²) in [6, 6.07) is 7.09. The van der Waals surface area contributed by atoms with Crippen LogP contribution in [0.1, 0.15) is 23.4 Å². The van der Waals surface area contributed by atoms with Gasteiger partial charge in [-0.2, -0.15) is 5.10 Å². The van der Waals surface area contributed by atoms with Crippen molar-refractivity contribution < 1.29 is 14.6 Å². The van der Waals surface area contributed by atoms with E-state index in [1.54, 1.807) is 24.3 Å². The first kappa shape index (κ1) is 17.0. The second-order valence-corrected chi connectivity index (χ2v) is 5.42. The topological polar surface area (TPSA) is 76.4 Å². The van der Waals surface area contributed by atoms with E-state index >= 15 is 0 Å². The maximum Gasteiger partial charge on any atom is 0.224 e. The van der Waals surface area contributed by atoms with Crippen LogP contribution < -0.4 is 10.1 Å². The molecule has 0 radical (unpaired) electrons. The highest BCUT2D eigenvalue weighted by molar-refractivity contribution is 5.90. The van der Waals surface area contributed by atoms with Gasteiger partial charge in [0.15, 0.2) is 0 Å². The minimum Gasteiger partial charge on any atom is -0.491 e. The first-order valence-electron chi connectivity index (χ1n) is 7.64. The number of carbonyl (C=O) groups is 1. The number of hydrogen-bond donors (Lipinski definition) is 2. The lowest BCUT2D eigenvalue weighted by atomic mass is 10.1. The monoisotopic (exact) mass is 317 g/mol. The van der Waals surface area contributed by atoms with Crippen LogP contribution in [-0.4, -0.2) is 34.0 Å². The highest BCUT2D eigenvalue weighted by Crippen LogP contribution is 2.17. The van der Waals surface area contributed by atoms with E-state index in [0.717, 1.165) is 22.6 Å². The zero-order valence-electron chi connectivity index (χ0n) is 13.8. The normalized spacial score (nSPS) is 10.6. The molecule has 124 valence electrons. The SMILES string of the molecule is Cc1nn(C)c(C)c1CCC(=O)Nc1ccc(OCCO)cc1. The Morgan fingerprint density at radius 3 is 2.57 bits per heavy atom. The molecule has 2 aromatic rings. The van der Waals surface area contributed by atoms with E-state index in [2.05, 4.69) is 10.4 Å². The number of aromatic nitrogens is 2. The van der Waals surface area contributed by atoms with Gasteiger partial charge in [-0.1, -0.05) is 0 Å². The zero-order valence-corrected chi connectivity index (χ0v) is 13.8. The number of amides is 1. The zero-order chi connectivity index (χ0) is 16.8. The minimum absolute atomic E-state index is 0.0222. The molecule has 0 atom stereocenters. The van der Waals surface area contributed by atoms with Crippen molar-refractivity contribution in [1.82, 2.24) is 9.78 Å². The Labute approximate surface area is 136 Å². The molecule has 0 aliphatic rings. The molecule has 1 amide bonds. The third-order valence-corrected chi connectivity index (χ3v) is 3.76. The van der Waals surface area contributed by atoms with Crippen LogP contribution in [0.25, 0.3) is 0 Å². The van der Waals surface area contributed by atoms with E-state index in [9.17, 15) is 4.79 Å². The molecular formula is C17H23N3O3. The number of hydrogen-bond acceptors (Lipinski definition) is 4. The Morgan fingerprint density at radius 2 is 2.00 bits per heavy atom. The van der Waals surface area contributed by atoms with Crippen LogP contribution in [0.2, 0.25) is 0 Å². The number of aliphatic hydroxyl groups is 1. The minimum atomic E-state index is -0.0309. The number of nitrogens with zero attached hydrogens (tertiary/aromatic N) is 2. The van der Waals surface area contributed by atoms with Gasteiger partial charge in [0.25, 0.3) is 0 Å². The molecule has 1 aromatic heterocycles. The number of benzene rings is 1. The molecule has 0 bridgehead atoms. The maximum atomic E-state index is 12.1. The van der Waals surface area contributed by atoms with Crippen molar-refractivity contribution in [3.8, 4) is 5.75 Å². The van der Waals surface area contributed by atoms with Gasteiger partial charge in [0.1, 0.15) is 12.4 Å². The summed E-state index contributed by atoms with van der Waals surface area (Å²) in [6.45, 7) is 4.21. The summed E-state index contributed by atoms with van der Waals surface area (Å²) < 4.78 is 7.12. The molecule has 0 saturated carbocycles. The lowest BCUT2D eigenvalue weighted by molar-refractivity contribution is -0.116. The number of aliphatic hydroxyl groups excluding tert-OH is 1. The van der Waals surface area contributed by atoms with Gasteiger partial charge < -0.3 is 15.2 Å². The predicted molar refractivity (Wildman–Crippen MR) is 88.7 cm³/mol. The Balaban J connectivity index is 1.87. The van der Waals surface area contributed by atoms with Crippen LogP contribution in [0, 0.1) is 13.8 Å². The quantitative estimate of drug-likeness (QED) is 0.819. The number of rotatable bonds is 7. The fourth-order valence-corrected chi connectivity index (χ4v) is 2.44. The van der Waals surface area contributed by atoms with E-state index in [0.29, 0.717) is 18.6 Å². The molecule has 0 spiro atoms. The van der Waals surface area contributed by atoms with E-state index in [4.69, 9.17) is 9.84 Å². The first-order valence-corrected chi connectivity index (χ1v) is 7.64. The molecular weight excluding hydrogens is 294 g/mol. The first-order chi connectivity index (χ1) is 11.0. The molecule has 6 heteroatoms. The fourth-order valence-electron chi connectivity index (χ4n) is 2.44. The smallest absolute Gasteiger partial charge is 0.224 e. The molecule has 2 N–H and O–H groups in total. The lowest BCUT2D eigenvalue weighted by Gasteiger charge is -2.08. The summed E-state index contributed by atoms with van der Waals surface area (Å²) >= 11 is 0. The molecule has 0 unspecified atom stereocenters.